The molecule has 19 heavy (non-hydrogen) atoms. The molecule has 0 radical (unpaired) electrons. The lowest BCUT2D eigenvalue weighted by molar-refractivity contribution is 0.727. The largest absolute Gasteiger partial charge is 0.313 e. The summed E-state index contributed by atoms with van der Waals surface area (Å²) in [5.74, 6) is 0. The van der Waals surface area contributed by atoms with E-state index in [-0.39, 0.29) is 24.6 Å². The van der Waals surface area contributed by atoms with E-state index in [4.69, 9.17) is 5.73 Å². The van der Waals surface area contributed by atoms with Crippen molar-refractivity contribution < 1.29 is 0 Å². The molecule has 0 aliphatic heterocycles. The van der Waals surface area contributed by atoms with Crippen LogP contribution in [0.3, 0.4) is 0 Å². The normalized spacial score (nSPS) is 10.4. The van der Waals surface area contributed by atoms with Gasteiger partial charge >= 0.3 is 0 Å². The minimum Gasteiger partial charge on any atom is -0.313 e. The molecule has 0 aliphatic carbocycles. The van der Waals surface area contributed by atoms with Crippen LogP contribution in [-0.2, 0) is 6.67 Å². The van der Waals surface area contributed by atoms with Crippen molar-refractivity contribution in [3.8, 4) is 10.6 Å². The SMILES string of the molecule is Cl.NCn1c(=O)c(-c2cccs2)nc2ccccc21. The molecule has 0 unspecified atom stereocenters. The van der Waals surface area contributed by atoms with E-state index in [1.165, 1.54) is 11.3 Å². The van der Waals surface area contributed by atoms with E-state index in [1.807, 2.05) is 41.8 Å². The Morgan fingerprint density at radius 2 is 2.00 bits per heavy atom. The summed E-state index contributed by atoms with van der Waals surface area (Å²) in [4.78, 5) is 17.7. The second kappa shape index (κ2) is 5.52. The highest BCUT2D eigenvalue weighted by Crippen LogP contribution is 2.21. The Morgan fingerprint density at radius 1 is 1.21 bits per heavy atom. The van der Waals surface area contributed by atoms with Gasteiger partial charge in [-0.2, -0.15) is 0 Å². The molecule has 0 fully saturated rings. The number of para-hydroxylation sites is 2. The van der Waals surface area contributed by atoms with Crippen LogP contribution in [0.15, 0.2) is 46.6 Å². The van der Waals surface area contributed by atoms with Crippen molar-refractivity contribution in [3.63, 3.8) is 0 Å². The van der Waals surface area contributed by atoms with Gasteiger partial charge in [0.2, 0.25) is 0 Å². The number of hydrogen-bond donors (Lipinski definition) is 1. The third-order valence-corrected chi connectivity index (χ3v) is 3.67. The summed E-state index contributed by atoms with van der Waals surface area (Å²) in [6.45, 7) is 0.153. The molecule has 2 heterocycles. The van der Waals surface area contributed by atoms with Crippen molar-refractivity contribution in [2.45, 2.75) is 6.67 Å². The van der Waals surface area contributed by atoms with Crippen LogP contribution in [0.5, 0.6) is 0 Å². The first-order valence-electron chi connectivity index (χ1n) is 5.55. The summed E-state index contributed by atoms with van der Waals surface area (Å²) in [5, 5.41) is 1.93. The predicted octanol–water partition coefficient (Wildman–Crippen LogP) is 2.46. The number of halogens is 1. The zero-order valence-corrected chi connectivity index (χ0v) is 11.6. The molecule has 3 aromatic rings. The van der Waals surface area contributed by atoms with Crippen molar-refractivity contribution in [2.75, 3.05) is 0 Å². The van der Waals surface area contributed by atoms with E-state index in [0.29, 0.717) is 5.69 Å². The summed E-state index contributed by atoms with van der Waals surface area (Å²) >= 11 is 1.50. The van der Waals surface area contributed by atoms with E-state index in [1.54, 1.807) is 4.57 Å². The smallest absolute Gasteiger partial charge is 0.279 e. The number of nitrogens with zero attached hydrogens (tertiary/aromatic N) is 2. The van der Waals surface area contributed by atoms with Crippen LogP contribution in [0, 0.1) is 0 Å². The Hall–Kier alpha value is -1.69. The molecular weight excluding hydrogens is 282 g/mol. The molecule has 6 heteroatoms. The summed E-state index contributed by atoms with van der Waals surface area (Å²) in [6.07, 6.45) is 0. The number of nitrogens with two attached hydrogens (primary N) is 1. The number of aromatic nitrogens is 2. The van der Waals surface area contributed by atoms with Gasteiger partial charge in [-0.1, -0.05) is 18.2 Å². The number of benzene rings is 1. The average molecular weight is 294 g/mol. The van der Waals surface area contributed by atoms with Crippen molar-refractivity contribution in [2.24, 2.45) is 5.73 Å². The van der Waals surface area contributed by atoms with Gasteiger partial charge in [-0.15, -0.1) is 23.7 Å². The molecule has 2 N–H and O–H groups in total. The molecule has 0 amide bonds. The van der Waals surface area contributed by atoms with Gasteiger partial charge in [-0.25, -0.2) is 4.98 Å². The molecule has 2 aromatic heterocycles. The Bertz CT molecular complexity index is 752. The first-order valence-corrected chi connectivity index (χ1v) is 6.43. The minimum atomic E-state index is -0.140. The van der Waals surface area contributed by atoms with Crippen LogP contribution in [0.4, 0.5) is 0 Å². The van der Waals surface area contributed by atoms with E-state index in [9.17, 15) is 4.79 Å². The van der Waals surface area contributed by atoms with Crippen LogP contribution in [0.25, 0.3) is 21.6 Å². The molecule has 98 valence electrons. The van der Waals surface area contributed by atoms with Gasteiger partial charge in [0.15, 0.2) is 0 Å². The van der Waals surface area contributed by atoms with Crippen molar-refractivity contribution in [1.29, 1.82) is 0 Å². The second-order valence-corrected chi connectivity index (χ2v) is 4.79. The summed E-state index contributed by atoms with van der Waals surface area (Å²) in [5.41, 5.74) is 7.56. The van der Waals surface area contributed by atoms with Crippen LogP contribution in [0.2, 0.25) is 0 Å². The lowest BCUT2D eigenvalue weighted by Gasteiger charge is -2.08. The topological polar surface area (TPSA) is 60.9 Å². The molecular formula is C13H12ClN3OS. The fraction of sp³-hybridized carbons (Fsp3) is 0.0769. The summed E-state index contributed by atoms with van der Waals surface area (Å²) < 4.78 is 1.55. The molecule has 0 bridgehead atoms. The quantitative estimate of drug-likeness (QED) is 0.789. The van der Waals surface area contributed by atoms with Crippen LogP contribution < -0.4 is 11.3 Å². The van der Waals surface area contributed by atoms with Crippen molar-refractivity contribution >= 4 is 34.8 Å². The number of rotatable bonds is 2. The van der Waals surface area contributed by atoms with Crippen LogP contribution >= 0.6 is 23.7 Å². The van der Waals surface area contributed by atoms with E-state index < -0.39 is 0 Å². The van der Waals surface area contributed by atoms with E-state index in [0.717, 1.165) is 15.9 Å². The fourth-order valence-corrected chi connectivity index (χ4v) is 2.65. The minimum absolute atomic E-state index is 0. The fourth-order valence-electron chi connectivity index (χ4n) is 1.95. The maximum atomic E-state index is 12.3. The highest BCUT2D eigenvalue weighted by Gasteiger charge is 2.12. The third kappa shape index (κ3) is 2.28. The predicted molar refractivity (Wildman–Crippen MR) is 80.8 cm³/mol. The number of fused-ring (bicyclic) bond motifs is 1. The monoisotopic (exact) mass is 293 g/mol. The Morgan fingerprint density at radius 3 is 2.68 bits per heavy atom. The summed E-state index contributed by atoms with van der Waals surface area (Å²) in [7, 11) is 0. The van der Waals surface area contributed by atoms with Gasteiger partial charge in [0.1, 0.15) is 5.69 Å². The first-order chi connectivity index (χ1) is 8.81. The highest BCUT2D eigenvalue weighted by molar-refractivity contribution is 7.13. The van der Waals surface area contributed by atoms with Crippen LogP contribution in [-0.4, -0.2) is 9.55 Å². The zero-order chi connectivity index (χ0) is 12.5. The lowest BCUT2D eigenvalue weighted by atomic mass is 10.2. The standard InChI is InChI=1S/C13H11N3OS.ClH/c14-8-16-10-5-2-1-4-9(10)15-12(13(16)17)11-6-3-7-18-11;/h1-7H,8,14H2;1H. The number of thiophene rings is 1. The maximum absolute atomic E-state index is 12.3. The zero-order valence-electron chi connectivity index (χ0n) is 9.95. The Kier molecular flexibility index (Phi) is 3.99. The van der Waals surface area contributed by atoms with E-state index in [2.05, 4.69) is 4.98 Å². The molecule has 4 nitrogen and oxygen atoms in total. The average Bonchev–Trinajstić information content (AvgIpc) is 2.92. The van der Waals surface area contributed by atoms with Gasteiger partial charge in [-0.3, -0.25) is 9.36 Å². The van der Waals surface area contributed by atoms with E-state index >= 15 is 0 Å². The van der Waals surface area contributed by atoms with Gasteiger partial charge < -0.3 is 5.73 Å². The van der Waals surface area contributed by atoms with Gasteiger partial charge in [-0.05, 0) is 23.6 Å². The maximum Gasteiger partial charge on any atom is 0.279 e. The Balaban J connectivity index is 0.00000133. The van der Waals surface area contributed by atoms with Gasteiger partial charge in [0.05, 0.1) is 22.6 Å². The molecule has 1 aromatic carbocycles. The number of hydrogen-bond acceptors (Lipinski definition) is 4. The molecule has 0 saturated heterocycles. The molecule has 0 saturated carbocycles. The molecule has 0 spiro atoms. The van der Waals surface area contributed by atoms with Gasteiger partial charge in [0, 0.05) is 0 Å². The lowest BCUT2D eigenvalue weighted by Crippen LogP contribution is -2.26. The Labute approximate surface area is 119 Å². The third-order valence-electron chi connectivity index (χ3n) is 2.79. The second-order valence-electron chi connectivity index (χ2n) is 3.84. The van der Waals surface area contributed by atoms with Crippen LogP contribution in [0.1, 0.15) is 0 Å². The van der Waals surface area contributed by atoms with Crippen molar-refractivity contribution in [1.82, 2.24) is 9.55 Å². The van der Waals surface area contributed by atoms with Crippen molar-refractivity contribution in [3.05, 3.63) is 52.1 Å². The molecule has 0 aliphatic rings. The van der Waals surface area contributed by atoms with Gasteiger partial charge in [0.25, 0.3) is 5.56 Å². The molecule has 0 atom stereocenters. The molecule has 3 rings (SSSR count). The summed E-state index contributed by atoms with van der Waals surface area (Å²) in [6, 6.07) is 11.3. The highest BCUT2D eigenvalue weighted by atomic mass is 35.5. The first kappa shape index (κ1) is 13.7.